The summed E-state index contributed by atoms with van der Waals surface area (Å²) in [6.07, 6.45) is 5.55. The minimum atomic E-state index is -0.00809. The lowest BCUT2D eigenvalue weighted by Gasteiger charge is -2.16. The highest BCUT2D eigenvalue weighted by Crippen LogP contribution is 2.33. The van der Waals surface area contributed by atoms with E-state index in [0.717, 1.165) is 5.56 Å². The Kier molecular flexibility index (Phi) is 3.58. The molecule has 2 aromatic rings. The van der Waals surface area contributed by atoms with Crippen LogP contribution in [0.3, 0.4) is 0 Å². The Balaban J connectivity index is 1.99. The molecule has 5 nitrogen and oxygen atoms in total. The van der Waals surface area contributed by atoms with Crippen LogP contribution in [0.2, 0.25) is 5.15 Å². The number of aromatic nitrogens is 3. The van der Waals surface area contributed by atoms with Crippen LogP contribution in [0.25, 0.3) is 0 Å². The molecule has 3 heterocycles. The molecule has 0 bridgehead atoms. The molecule has 20 heavy (non-hydrogen) atoms. The Morgan fingerprint density at radius 3 is 2.80 bits per heavy atom. The Morgan fingerprint density at radius 2 is 2.10 bits per heavy atom. The summed E-state index contributed by atoms with van der Waals surface area (Å²) in [4.78, 5) is 26.4. The van der Waals surface area contributed by atoms with Crippen LogP contribution in [0.15, 0.2) is 29.7 Å². The molecular weight excluding hydrogens is 296 g/mol. The van der Waals surface area contributed by atoms with Gasteiger partial charge in [-0.25, -0.2) is 9.97 Å². The Labute approximate surface area is 125 Å². The van der Waals surface area contributed by atoms with Gasteiger partial charge >= 0.3 is 0 Å². The Hall–Kier alpha value is -1.66. The molecular formula is C13H11ClN4OS. The summed E-state index contributed by atoms with van der Waals surface area (Å²) < 4.78 is 0. The van der Waals surface area contributed by atoms with Gasteiger partial charge in [-0.15, -0.1) is 0 Å². The number of pyridine rings is 1. The lowest BCUT2D eigenvalue weighted by atomic mass is 10.2. The zero-order chi connectivity index (χ0) is 14.1. The van der Waals surface area contributed by atoms with Crippen LogP contribution in [0.1, 0.15) is 11.1 Å². The summed E-state index contributed by atoms with van der Waals surface area (Å²) >= 11 is 7.54. The lowest BCUT2D eigenvalue weighted by Crippen LogP contribution is -2.26. The molecule has 0 fully saturated rings. The van der Waals surface area contributed by atoms with E-state index in [2.05, 4.69) is 15.0 Å². The molecule has 2 aromatic heterocycles. The topological polar surface area (TPSA) is 59.0 Å². The van der Waals surface area contributed by atoms with Gasteiger partial charge in [0.25, 0.3) is 0 Å². The van der Waals surface area contributed by atoms with Crippen LogP contribution in [-0.2, 0) is 17.8 Å². The molecule has 102 valence electrons. The number of thioether (sulfide) groups is 1. The van der Waals surface area contributed by atoms with Gasteiger partial charge in [-0.3, -0.25) is 14.7 Å². The summed E-state index contributed by atoms with van der Waals surface area (Å²) in [5, 5.41) is 0.938. The van der Waals surface area contributed by atoms with Crippen molar-refractivity contribution in [1.82, 2.24) is 15.0 Å². The fourth-order valence-corrected chi connectivity index (χ4v) is 2.73. The molecule has 0 N–H and O–H groups in total. The Morgan fingerprint density at radius 1 is 1.35 bits per heavy atom. The van der Waals surface area contributed by atoms with Crippen LogP contribution in [0.5, 0.6) is 0 Å². The second kappa shape index (κ2) is 5.38. The number of rotatable bonds is 3. The van der Waals surface area contributed by atoms with Gasteiger partial charge in [0.2, 0.25) is 5.91 Å². The summed E-state index contributed by atoms with van der Waals surface area (Å²) in [6, 6.07) is 3.76. The number of fused-ring (bicyclic) bond motifs is 1. The fraction of sp³-hybridized carbons (Fsp3) is 0.231. The molecule has 0 spiro atoms. The van der Waals surface area contributed by atoms with Crippen molar-refractivity contribution in [3.8, 4) is 0 Å². The van der Waals surface area contributed by atoms with E-state index in [-0.39, 0.29) is 12.3 Å². The molecule has 0 unspecified atom stereocenters. The van der Waals surface area contributed by atoms with Crippen LogP contribution >= 0.6 is 23.4 Å². The van der Waals surface area contributed by atoms with E-state index in [1.807, 2.05) is 18.4 Å². The molecule has 1 aliphatic heterocycles. The fourth-order valence-electron chi connectivity index (χ4n) is 2.09. The van der Waals surface area contributed by atoms with Crippen molar-refractivity contribution >= 4 is 35.1 Å². The van der Waals surface area contributed by atoms with Crippen molar-refractivity contribution in [3.63, 3.8) is 0 Å². The van der Waals surface area contributed by atoms with E-state index in [1.165, 1.54) is 11.8 Å². The van der Waals surface area contributed by atoms with Gasteiger partial charge in [0.1, 0.15) is 11.0 Å². The number of hydrogen-bond donors (Lipinski definition) is 0. The first-order valence-corrected chi connectivity index (χ1v) is 7.59. The zero-order valence-corrected chi connectivity index (χ0v) is 12.3. The molecule has 1 amide bonds. The predicted molar refractivity (Wildman–Crippen MR) is 78.0 cm³/mol. The minimum Gasteiger partial charge on any atom is -0.292 e. The van der Waals surface area contributed by atoms with Gasteiger partial charge in [0, 0.05) is 18.0 Å². The summed E-state index contributed by atoms with van der Waals surface area (Å²) in [5.74, 6) is 0.613. The van der Waals surface area contributed by atoms with E-state index < -0.39 is 0 Å². The first-order chi connectivity index (χ1) is 9.69. The van der Waals surface area contributed by atoms with Crippen molar-refractivity contribution in [2.24, 2.45) is 0 Å². The second-order valence-corrected chi connectivity index (χ2v) is 5.45. The monoisotopic (exact) mass is 306 g/mol. The number of carbonyl (C=O) groups excluding carboxylic acids is 1. The standard InChI is InChI=1S/C13H11ClN4OS/c1-20-13-16-11(14)9-6-10(19)18(12(9)17-13)7-8-2-4-15-5-3-8/h2-5H,6-7H2,1H3. The second-order valence-electron chi connectivity index (χ2n) is 4.32. The maximum atomic E-state index is 12.2. The zero-order valence-electron chi connectivity index (χ0n) is 10.7. The lowest BCUT2D eigenvalue weighted by molar-refractivity contribution is -0.117. The molecule has 0 atom stereocenters. The largest absolute Gasteiger partial charge is 0.292 e. The SMILES string of the molecule is CSc1nc(Cl)c2c(n1)N(Cc1ccncc1)C(=O)C2. The molecule has 7 heteroatoms. The molecule has 0 saturated carbocycles. The first kappa shape index (κ1) is 13.3. The van der Waals surface area contributed by atoms with Crippen LogP contribution in [0.4, 0.5) is 5.82 Å². The summed E-state index contributed by atoms with van der Waals surface area (Å²) in [6.45, 7) is 0.468. The van der Waals surface area contributed by atoms with Gasteiger partial charge in [0.15, 0.2) is 5.16 Å². The molecule has 0 radical (unpaired) electrons. The van der Waals surface area contributed by atoms with Gasteiger partial charge in [-0.2, -0.15) is 0 Å². The third-order valence-electron chi connectivity index (χ3n) is 3.07. The molecule has 0 saturated heterocycles. The van der Waals surface area contributed by atoms with Crippen LogP contribution in [-0.4, -0.2) is 27.1 Å². The van der Waals surface area contributed by atoms with E-state index in [4.69, 9.17) is 11.6 Å². The molecule has 0 aromatic carbocycles. The van der Waals surface area contributed by atoms with Crippen molar-refractivity contribution in [1.29, 1.82) is 0 Å². The minimum absolute atomic E-state index is 0.00809. The third-order valence-corrected chi connectivity index (χ3v) is 3.93. The normalized spacial score (nSPS) is 13.7. The van der Waals surface area contributed by atoms with Gasteiger partial charge in [-0.05, 0) is 24.0 Å². The number of amides is 1. The highest BCUT2D eigenvalue weighted by molar-refractivity contribution is 7.98. The van der Waals surface area contributed by atoms with Gasteiger partial charge in [-0.1, -0.05) is 23.4 Å². The van der Waals surface area contributed by atoms with Gasteiger partial charge in [0.05, 0.1) is 13.0 Å². The summed E-state index contributed by atoms with van der Waals surface area (Å²) in [7, 11) is 0. The van der Waals surface area contributed by atoms with E-state index in [9.17, 15) is 4.79 Å². The van der Waals surface area contributed by atoms with E-state index in [1.54, 1.807) is 17.3 Å². The Bertz CT molecular complexity index is 665. The highest BCUT2D eigenvalue weighted by atomic mass is 35.5. The number of anilines is 1. The third kappa shape index (κ3) is 2.36. The quantitative estimate of drug-likeness (QED) is 0.495. The summed E-state index contributed by atoms with van der Waals surface area (Å²) in [5.41, 5.74) is 1.71. The number of hydrogen-bond acceptors (Lipinski definition) is 5. The van der Waals surface area contributed by atoms with E-state index in [0.29, 0.717) is 28.2 Å². The number of carbonyl (C=O) groups is 1. The smallest absolute Gasteiger partial charge is 0.233 e. The van der Waals surface area contributed by atoms with Crippen LogP contribution in [0, 0.1) is 0 Å². The van der Waals surface area contributed by atoms with Crippen molar-refractivity contribution in [2.45, 2.75) is 18.1 Å². The first-order valence-electron chi connectivity index (χ1n) is 5.98. The highest BCUT2D eigenvalue weighted by Gasteiger charge is 2.32. The molecule has 3 rings (SSSR count). The van der Waals surface area contributed by atoms with Gasteiger partial charge < -0.3 is 0 Å². The maximum absolute atomic E-state index is 12.2. The van der Waals surface area contributed by atoms with Crippen molar-refractivity contribution in [3.05, 3.63) is 40.8 Å². The number of nitrogens with zero attached hydrogens (tertiary/aromatic N) is 4. The van der Waals surface area contributed by atoms with Crippen molar-refractivity contribution < 1.29 is 4.79 Å². The predicted octanol–water partition coefficient (Wildman–Crippen LogP) is 2.34. The molecule has 1 aliphatic rings. The van der Waals surface area contributed by atoms with Crippen LogP contribution < -0.4 is 4.90 Å². The molecule has 0 aliphatic carbocycles. The van der Waals surface area contributed by atoms with E-state index >= 15 is 0 Å². The number of halogens is 1. The maximum Gasteiger partial charge on any atom is 0.233 e. The average Bonchev–Trinajstić information content (AvgIpc) is 2.77. The van der Waals surface area contributed by atoms with Crippen molar-refractivity contribution in [2.75, 3.05) is 11.2 Å². The average molecular weight is 307 g/mol.